The van der Waals surface area contributed by atoms with Gasteiger partial charge in [-0.05, 0) is 49.7 Å². The van der Waals surface area contributed by atoms with E-state index in [0.29, 0.717) is 45.1 Å². The third-order valence-electron chi connectivity index (χ3n) is 6.42. The molecule has 0 aliphatic rings. The number of fused-ring (bicyclic) bond motifs is 3. The number of nitrogens with zero attached hydrogens (tertiary/aromatic N) is 5. The van der Waals surface area contributed by atoms with Gasteiger partial charge in [0.05, 0.1) is 68.1 Å². The standard InChI is InChI=1S/C26H20F3N7O.CH4O3S/c1-25(2,13-30)21-7-5-16(11-33-21)36-22-17-8-14(15-9-18(26(27,28)29)23(31)34-10-15)4-6-19(17)32-12-20(22)35(3)24(36)37;1-5(2,3)4/h4-12H,1-3H3,(H2,31,34);1H3,(H,2,3,4). The molecule has 3 N–H and O–H groups in total. The molecule has 0 unspecified atom stereocenters. The van der Waals surface area contributed by atoms with Crippen molar-refractivity contribution < 1.29 is 31.1 Å². The molecular weight excluding hydrogens is 575 g/mol. The Bertz CT molecular complexity index is 2040. The fourth-order valence-corrected chi connectivity index (χ4v) is 4.27. The minimum Gasteiger partial charge on any atom is -0.748 e. The maximum atomic E-state index is 13.4. The second-order valence-corrected chi connectivity index (χ2v) is 11.4. The number of alkyl halides is 3. The van der Waals surface area contributed by atoms with Crippen molar-refractivity contribution in [1.29, 1.82) is 5.26 Å². The maximum absolute atomic E-state index is 13.4. The molecule has 11 nitrogen and oxygen atoms in total. The third kappa shape index (κ3) is 5.94. The molecular formula is C27H24F3N7O4S. The van der Waals surface area contributed by atoms with Crippen LogP contribution < -0.4 is 16.4 Å². The first-order valence-electron chi connectivity index (χ1n) is 12.1. The second kappa shape index (κ2) is 10.5. The maximum Gasteiger partial charge on any atom is 0.424 e. The number of nitriles is 1. The predicted octanol–water partition coefficient (Wildman–Crippen LogP) is 3.32. The Morgan fingerprint density at radius 3 is 2.31 bits per heavy atom. The van der Waals surface area contributed by atoms with Gasteiger partial charge in [0.15, 0.2) is 0 Å². The number of H-pyrrole nitrogens is 1. The quantitative estimate of drug-likeness (QED) is 0.307. The molecule has 0 amide bonds. The van der Waals surface area contributed by atoms with E-state index >= 15 is 0 Å². The van der Waals surface area contributed by atoms with E-state index in [1.165, 1.54) is 21.5 Å². The summed E-state index contributed by atoms with van der Waals surface area (Å²) in [6.45, 7) is 3.50. The van der Waals surface area contributed by atoms with Crippen LogP contribution in [0.25, 0.3) is 38.8 Å². The summed E-state index contributed by atoms with van der Waals surface area (Å²) in [5, 5.41) is 9.98. The van der Waals surface area contributed by atoms with E-state index < -0.39 is 33.1 Å². The molecule has 218 valence electrons. The summed E-state index contributed by atoms with van der Waals surface area (Å²) >= 11 is 0. The summed E-state index contributed by atoms with van der Waals surface area (Å²) < 4.78 is 70.5. The Morgan fingerprint density at radius 2 is 1.74 bits per heavy atom. The van der Waals surface area contributed by atoms with Gasteiger partial charge in [-0.1, -0.05) is 6.07 Å². The van der Waals surface area contributed by atoms with Crippen LogP contribution in [0, 0.1) is 11.3 Å². The van der Waals surface area contributed by atoms with Crippen LogP contribution in [-0.2, 0) is 28.8 Å². The number of pyridine rings is 3. The first-order chi connectivity index (χ1) is 19.4. The number of rotatable bonds is 3. The van der Waals surface area contributed by atoms with E-state index in [-0.39, 0.29) is 11.3 Å². The van der Waals surface area contributed by atoms with Crippen LogP contribution in [0.15, 0.2) is 59.8 Å². The molecule has 0 aliphatic carbocycles. The number of nitrogens with one attached hydrogen (secondary N) is 1. The summed E-state index contributed by atoms with van der Waals surface area (Å²) in [4.78, 5) is 24.6. The van der Waals surface area contributed by atoms with Crippen molar-refractivity contribution in [2.45, 2.75) is 25.4 Å². The van der Waals surface area contributed by atoms with Gasteiger partial charge < -0.3 is 4.55 Å². The average molecular weight is 600 g/mol. The van der Waals surface area contributed by atoms with Crippen LogP contribution in [-0.4, -0.2) is 38.3 Å². The molecule has 0 atom stereocenters. The molecule has 42 heavy (non-hydrogen) atoms. The van der Waals surface area contributed by atoms with Gasteiger partial charge in [-0.25, -0.2) is 18.2 Å². The number of aromatic amines is 1. The molecule has 0 saturated carbocycles. The zero-order valence-corrected chi connectivity index (χ0v) is 23.5. The highest BCUT2D eigenvalue weighted by atomic mass is 32.2. The number of aryl methyl sites for hydroxylation is 1. The first-order valence-corrected chi connectivity index (χ1v) is 13.9. The van der Waals surface area contributed by atoms with Crippen LogP contribution in [0.1, 0.15) is 25.1 Å². The molecule has 0 radical (unpaired) electrons. The van der Waals surface area contributed by atoms with E-state index in [0.717, 1.165) is 6.07 Å². The molecule has 0 saturated heterocycles. The smallest absolute Gasteiger partial charge is 0.424 e. The first kappa shape index (κ1) is 30.2. The van der Waals surface area contributed by atoms with Crippen LogP contribution in [0.2, 0.25) is 0 Å². The van der Waals surface area contributed by atoms with Crippen molar-refractivity contribution in [2.75, 3.05) is 12.0 Å². The summed E-state index contributed by atoms with van der Waals surface area (Å²) in [5.41, 5.74) is 6.82. The molecule has 15 heteroatoms. The van der Waals surface area contributed by atoms with Crippen molar-refractivity contribution in [3.63, 3.8) is 0 Å². The number of hydrogen-bond donors (Lipinski definition) is 1. The monoisotopic (exact) mass is 599 g/mol. The highest BCUT2D eigenvalue weighted by Gasteiger charge is 2.36. The molecule has 0 aliphatic heterocycles. The molecule has 5 aromatic rings. The van der Waals surface area contributed by atoms with Crippen LogP contribution in [0.3, 0.4) is 0 Å². The lowest BCUT2D eigenvalue weighted by molar-refractivity contribution is -0.362. The number of aromatic nitrogens is 5. The summed E-state index contributed by atoms with van der Waals surface area (Å²) in [6, 6.07) is 11.6. The Balaban J connectivity index is 0.000000748. The predicted molar refractivity (Wildman–Crippen MR) is 147 cm³/mol. The normalized spacial score (nSPS) is 12.2. The highest BCUT2D eigenvalue weighted by molar-refractivity contribution is 7.84. The van der Waals surface area contributed by atoms with E-state index in [1.807, 2.05) is 0 Å². The van der Waals surface area contributed by atoms with Crippen LogP contribution in [0.5, 0.6) is 0 Å². The van der Waals surface area contributed by atoms with Crippen molar-refractivity contribution in [2.24, 2.45) is 7.05 Å². The Hall–Kier alpha value is -4.81. The number of halogens is 3. The van der Waals surface area contributed by atoms with E-state index in [2.05, 4.69) is 21.0 Å². The number of anilines is 1. The number of nitrogens with two attached hydrogens (primary N) is 1. The van der Waals surface area contributed by atoms with Crippen LogP contribution >= 0.6 is 0 Å². The minimum atomic E-state index is -4.62. The van der Waals surface area contributed by atoms with E-state index in [9.17, 15) is 23.2 Å². The summed E-state index contributed by atoms with van der Waals surface area (Å²) in [6.07, 6.45) is 0.482. The van der Waals surface area contributed by atoms with Crippen LogP contribution in [0.4, 0.5) is 19.0 Å². The minimum absolute atomic E-state index is 0.273. The third-order valence-corrected chi connectivity index (χ3v) is 6.42. The lowest BCUT2D eigenvalue weighted by Gasteiger charge is -2.15. The lowest BCUT2D eigenvalue weighted by Crippen LogP contribution is -2.21. The Morgan fingerprint density at radius 1 is 1.07 bits per heavy atom. The van der Waals surface area contributed by atoms with Gasteiger partial charge in [0.25, 0.3) is 5.82 Å². The van der Waals surface area contributed by atoms with Gasteiger partial charge in [0.2, 0.25) is 0 Å². The lowest BCUT2D eigenvalue weighted by atomic mass is 9.91. The molecule has 1 aromatic carbocycles. The summed E-state index contributed by atoms with van der Waals surface area (Å²) in [7, 11) is -2.30. The van der Waals surface area contributed by atoms with Gasteiger partial charge in [-0.15, -0.1) is 0 Å². The zero-order chi connectivity index (χ0) is 31.2. The molecule has 5 rings (SSSR count). The number of imidazole rings is 1. The number of benzene rings is 1. The van der Waals surface area contributed by atoms with Crippen molar-refractivity contribution in [3.8, 4) is 22.9 Å². The largest absolute Gasteiger partial charge is 0.748 e. The summed E-state index contributed by atoms with van der Waals surface area (Å²) in [5.74, 6) is -0.478. The van der Waals surface area contributed by atoms with Gasteiger partial charge in [0.1, 0.15) is 5.56 Å². The van der Waals surface area contributed by atoms with Gasteiger partial charge in [-0.3, -0.25) is 24.8 Å². The van der Waals surface area contributed by atoms with Gasteiger partial charge in [-0.2, -0.15) is 18.4 Å². The zero-order valence-electron chi connectivity index (χ0n) is 22.7. The number of hydrogen-bond acceptors (Lipinski definition) is 8. The van der Waals surface area contributed by atoms with E-state index in [4.69, 9.17) is 18.7 Å². The average Bonchev–Trinajstić information content (AvgIpc) is 3.17. The van der Waals surface area contributed by atoms with Crippen molar-refractivity contribution in [3.05, 3.63) is 76.7 Å². The molecule has 4 heterocycles. The topological polar surface area (TPSA) is 174 Å². The Kier molecular flexibility index (Phi) is 7.57. The van der Waals surface area contributed by atoms with Crippen molar-refractivity contribution >= 4 is 37.9 Å². The van der Waals surface area contributed by atoms with Gasteiger partial charge >= 0.3 is 11.9 Å². The highest BCUT2D eigenvalue weighted by Crippen LogP contribution is 2.35. The molecule has 0 bridgehead atoms. The van der Waals surface area contributed by atoms with Crippen molar-refractivity contribution in [1.82, 2.24) is 19.1 Å². The second-order valence-electron chi connectivity index (χ2n) is 9.96. The fourth-order valence-electron chi connectivity index (χ4n) is 4.27. The SMILES string of the molecule is CS(=O)(=O)[O-].Cn1c(=O)n(-c2ccc(C(C)(C)C#N)nc2)c2c3cc(-c4c[nH+]c(N)c(C(F)(F)F)c4)ccc3ncc21. The molecule has 0 spiro atoms. The fraction of sp³-hybridized carbons (Fsp3) is 0.222. The van der Waals surface area contributed by atoms with Gasteiger partial charge in [0, 0.05) is 24.3 Å². The van der Waals surface area contributed by atoms with E-state index in [1.54, 1.807) is 57.4 Å². The molecule has 4 aromatic heterocycles. The molecule has 0 fully saturated rings. The Labute approximate surface area is 237 Å². The number of nitrogen functional groups attached to an aromatic ring is 1.